The van der Waals surface area contributed by atoms with E-state index in [9.17, 15) is 0 Å². The van der Waals surface area contributed by atoms with Gasteiger partial charge in [-0.3, -0.25) is 0 Å². The molecule has 1 heterocycles. The Balaban J connectivity index is 2.14. The highest BCUT2D eigenvalue weighted by molar-refractivity contribution is 9.10. The molecule has 17 heavy (non-hydrogen) atoms. The molecule has 0 spiro atoms. The number of halogens is 3. The van der Waals surface area contributed by atoms with E-state index in [1.54, 1.807) is 11.3 Å². The minimum Gasteiger partial charge on any atom is -0.488 e. The second-order valence-electron chi connectivity index (χ2n) is 3.33. The predicted molar refractivity (Wildman–Crippen MR) is 77.4 cm³/mol. The maximum atomic E-state index is 6.05. The summed E-state index contributed by atoms with van der Waals surface area (Å²) in [5, 5.41) is 2.66. The van der Waals surface area contributed by atoms with Crippen LogP contribution in [0.25, 0.3) is 0 Å². The maximum Gasteiger partial charge on any atom is 0.125 e. The van der Waals surface area contributed by atoms with E-state index in [0.29, 0.717) is 17.5 Å². The number of rotatable bonds is 4. The molecule has 0 atom stereocenters. The first kappa shape index (κ1) is 13.2. The molecule has 1 nitrogen and oxygen atoms in total. The van der Waals surface area contributed by atoms with E-state index in [-0.39, 0.29) is 0 Å². The minimum absolute atomic E-state index is 0.348. The fraction of sp³-hybridized carbons (Fsp3) is 0.167. The average molecular weight is 352 g/mol. The number of thiophene rings is 1. The molecule has 0 aliphatic carbocycles. The van der Waals surface area contributed by atoms with E-state index in [0.717, 1.165) is 20.7 Å². The van der Waals surface area contributed by atoms with Gasteiger partial charge < -0.3 is 4.74 Å². The third-order valence-electron chi connectivity index (χ3n) is 2.26. The second-order valence-corrected chi connectivity index (χ2v) is 5.86. The van der Waals surface area contributed by atoms with E-state index in [1.807, 2.05) is 29.6 Å². The number of benzene rings is 1. The molecule has 0 amide bonds. The highest BCUT2D eigenvalue weighted by atomic mass is 79.9. The standard InChI is InChI=1S/C12H9BrCl2OS/c13-9-4-5-17-12(9)7-16-11-3-1-2-10(15)8(11)6-14/h1-5H,6-7H2. The molecule has 0 aliphatic rings. The molecule has 2 aromatic rings. The Kier molecular flexibility index (Phi) is 4.74. The van der Waals surface area contributed by atoms with Crippen LogP contribution in [-0.2, 0) is 12.5 Å². The maximum absolute atomic E-state index is 6.05. The summed E-state index contributed by atoms with van der Waals surface area (Å²) in [5.41, 5.74) is 0.837. The van der Waals surface area contributed by atoms with Crippen LogP contribution in [0.1, 0.15) is 10.4 Å². The van der Waals surface area contributed by atoms with Gasteiger partial charge in [0.25, 0.3) is 0 Å². The first-order chi connectivity index (χ1) is 8.22. The highest BCUT2D eigenvalue weighted by Crippen LogP contribution is 2.30. The lowest BCUT2D eigenvalue weighted by atomic mass is 10.2. The summed E-state index contributed by atoms with van der Waals surface area (Å²) in [5.74, 6) is 1.09. The van der Waals surface area contributed by atoms with E-state index in [2.05, 4.69) is 15.9 Å². The third-order valence-corrected chi connectivity index (χ3v) is 4.78. The molecule has 1 aromatic carbocycles. The Labute approximate surface area is 122 Å². The summed E-state index contributed by atoms with van der Waals surface area (Å²) < 4.78 is 6.81. The van der Waals surface area contributed by atoms with Crippen molar-refractivity contribution >= 4 is 50.5 Å². The lowest BCUT2D eigenvalue weighted by Crippen LogP contribution is -1.97. The van der Waals surface area contributed by atoms with Crippen LogP contribution in [0.4, 0.5) is 0 Å². The first-order valence-corrected chi connectivity index (χ1v) is 7.49. The van der Waals surface area contributed by atoms with Crippen molar-refractivity contribution in [1.29, 1.82) is 0 Å². The van der Waals surface area contributed by atoms with Gasteiger partial charge in [0, 0.05) is 15.1 Å². The molecule has 2 rings (SSSR count). The summed E-state index contributed by atoms with van der Waals surface area (Å²) >= 11 is 17.0. The van der Waals surface area contributed by atoms with Gasteiger partial charge in [0.2, 0.25) is 0 Å². The number of hydrogen-bond donors (Lipinski definition) is 0. The topological polar surface area (TPSA) is 9.23 Å². The van der Waals surface area contributed by atoms with Gasteiger partial charge in [-0.25, -0.2) is 0 Å². The van der Waals surface area contributed by atoms with Crippen LogP contribution in [0.15, 0.2) is 34.1 Å². The van der Waals surface area contributed by atoms with Gasteiger partial charge in [-0.1, -0.05) is 17.7 Å². The van der Waals surface area contributed by atoms with Crippen molar-refractivity contribution in [1.82, 2.24) is 0 Å². The van der Waals surface area contributed by atoms with Crippen LogP contribution in [0.5, 0.6) is 5.75 Å². The summed E-state index contributed by atoms with van der Waals surface area (Å²) in [6.07, 6.45) is 0. The Morgan fingerprint density at radius 3 is 2.76 bits per heavy atom. The largest absolute Gasteiger partial charge is 0.488 e. The molecule has 1 aromatic heterocycles. The monoisotopic (exact) mass is 350 g/mol. The Morgan fingerprint density at radius 2 is 2.12 bits per heavy atom. The summed E-state index contributed by atoms with van der Waals surface area (Å²) in [6, 6.07) is 7.55. The zero-order valence-electron chi connectivity index (χ0n) is 8.75. The lowest BCUT2D eigenvalue weighted by molar-refractivity contribution is 0.307. The quantitative estimate of drug-likeness (QED) is 0.662. The van der Waals surface area contributed by atoms with Crippen molar-refractivity contribution in [2.24, 2.45) is 0 Å². The van der Waals surface area contributed by atoms with Crippen LogP contribution in [0.2, 0.25) is 5.02 Å². The van der Waals surface area contributed by atoms with Gasteiger partial charge in [0.1, 0.15) is 12.4 Å². The van der Waals surface area contributed by atoms with Crippen molar-refractivity contribution < 1.29 is 4.74 Å². The van der Waals surface area contributed by atoms with Gasteiger partial charge in [-0.2, -0.15) is 0 Å². The van der Waals surface area contributed by atoms with Crippen molar-refractivity contribution in [2.75, 3.05) is 0 Å². The zero-order valence-corrected chi connectivity index (χ0v) is 12.7. The molecule has 0 saturated carbocycles. The van der Waals surface area contributed by atoms with Crippen LogP contribution >= 0.6 is 50.5 Å². The van der Waals surface area contributed by atoms with E-state index >= 15 is 0 Å². The molecule has 0 N–H and O–H groups in total. The van der Waals surface area contributed by atoms with Crippen molar-refractivity contribution in [3.05, 3.63) is 49.6 Å². The van der Waals surface area contributed by atoms with E-state index in [1.165, 1.54) is 0 Å². The fourth-order valence-electron chi connectivity index (χ4n) is 1.38. The summed E-state index contributed by atoms with van der Waals surface area (Å²) in [4.78, 5) is 1.14. The molecule has 90 valence electrons. The number of hydrogen-bond acceptors (Lipinski definition) is 2. The van der Waals surface area contributed by atoms with Crippen LogP contribution < -0.4 is 4.74 Å². The summed E-state index contributed by atoms with van der Waals surface area (Å²) in [6.45, 7) is 0.516. The van der Waals surface area contributed by atoms with Gasteiger partial charge in [-0.05, 0) is 39.5 Å². The Morgan fingerprint density at radius 1 is 1.29 bits per heavy atom. The molecule has 0 aliphatic heterocycles. The average Bonchev–Trinajstić information content (AvgIpc) is 2.72. The van der Waals surface area contributed by atoms with Gasteiger partial charge in [-0.15, -0.1) is 22.9 Å². The molecule has 0 fully saturated rings. The normalized spacial score (nSPS) is 10.5. The van der Waals surface area contributed by atoms with Crippen LogP contribution in [0.3, 0.4) is 0 Å². The van der Waals surface area contributed by atoms with Crippen molar-refractivity contribution in [2.45, 2.75) is 12.5 Å². The molecular formula is C12H9BrCl2OS. The van der Waals surface area contributed by atoms with E-state index in [4.69, 9.17) is 27.9 Å². The van der Waals surface area contributed by atoms with Gasteiger partial charge in [0.05, 0.1) is 10.8 Å². The second kappa shape index (κ2) is 6.10. The SMILES string of the molecule is ClCc1c(Cl)cccc1OCc1sccc1Br. The summed E-state index contributed by atoms with van der Waals surface area (Å²) in [7, 11) is 0. The first-order valence-electron chi connectivity index (χ1n) is 4.90. The Bertz CT molecular complexity index is 513. The Hall–Kier alpha value is -0.220. The molecule has 5 heteroatoms. The van der Waals surface area contributed by atoms with Crippen molar-refractivity contribution in [3.8, 4) is 5.75 Å². The molecule has 0 bridgehead atoms. The lowest BCUT2D eigenvalue weighted by Gasteiger charge is -2.10. The number of ether oxygens (including phenoxy) is 1. The highest BCUT2D eigenvalue weighted by Gasteiger charge is 2.08. The van der Waals surface area contributed by atoms with Crippen LogP contribution in [0, 0.1) is 0 Å². The minimum atomic E-state index is 0.348. The van der Waals surface area contributed by atoms with E-state index < -0.39 is 0 Å². The third kappa shape index (κ3) is 3.16. The van der Waals surface area contributed by atoms with Gasteiger partial charge >= 0.3 is 0 Å². The van der Waals surface area contributed by atoms with Crippen molar-refractivity contribution in [3.63, 3.8) is 0 Å². The molecule has 0 radical (unpaired) electrons. The zero-order chi connectivity index (χ0) is 12.3. The van der Waals surface area contributed by atoms with Gasteiger partial charge in [0.15, 0.2) is 0 Å². The molecular weight excluding hydrogens is 343 g/mol. The fourth-order valence-corrected chi connectivity index (χ4v) is 3.33. The van der Waals surface area contributed by atoms with Crippen LogP contribution in [-0.4, -0.2) is 0 Å². The molecule has 0 saturated heterocycles. The smallest absolute Gasteiger partial charge is 0.125 e. The number of alkyl halides is 1. The predicted octanol–water partition coefficient (Wildman–Crippen LogP) is 5.48. The molecule has 0 unspecified atom stereocenters.